The van der Waals surface area contributed by atoms with Crippen LogP contribution in [0.4, 0.5) is 9.52 Å². The molecule has 0 amide bonds. The summed E-state index contributed by atoms with van der Waals surface area (Å²) in [5.74, 6) is -1.17. The van der Waals surface area contributed by atoms with Crippen molar-refractivity contribution in [2.75, 3.05) is 12.0 Å². The Morgan fingerprint density at radius 3 is 2.72 bits per heavy atom. The molecule has 1 atom stereocenters. The molecule has 0 spiro atoms. The van der Waals surface area contributed by atoms with Crippen LogP contribution in [0.15, 0.2) is 76.6 Å². The van der Waals surface area contributed by atoms with Crippen molar-refractivity contribution in [1.82, 2.24) is 9.97 Å². The molecule has 0 bridgehead atoms. The van der Waals surface area contributed by atoms with Gasteiger partial charge in [0.25, 0.3) is 0 Å². The van der Waals surface area contributed by atoms with Crippen LogP contribution in [0.5, 0.6) is 5.75 Å². The number of thiazole rings is 1. The molecule has 6 rings (SSSR count). The van der Waals surface area contributed by atoms with E-state index in [1.54, 1.807) is 48.4 Å². The molecular formula is C29H21ClFN5O2S. The predicted molar refractivity (Wildman–Crippen MR) is 149 cm³/mol. The average molecular weight is 558 g/mol. The molecule has 4 aromatic rings. The van der Waals surface area contributed by atoms with Crippen molar-refractivity contribution < 1.29 is 13.9 Å². The second-order valence-electron chi connectivity index (χ2n) is 9.27. The number of nitrogens with zero attached hydrogens (tertiary/aromatic N) is 4. The number of allylic oxidation sites excluding steroid dienone is 3. The Balaban J connectivity index is 1.52. The summed E-state index contributed by atoms with van der Waals surface area (Å²) in [5.41, 5.74) is 9.86. The number of nitriles is 1. The van der Waals surface area contributed by atoms with E-state index in [-0.39, 0.29) is 22.7 Å². The minimum absolute atomic E-state index is 0.0789. The van der Waals surface area contributed by atoms with Crippen LogP contribution >= 0.6 is 22.9 Å². The van der Waals surface area contributed by atoms with E-state index in [9.17, 15) is 10.1 Å². The summed E-state index contributed by atoms with van der Waals surface area (Å²) in [6, 6.07) is 16.2. The number of fused-ring (bicyclic) bond motifs is 1. The monoisotopic (exact) mass is 557 g/mol. The molecule has 1 aliphatic heterocycles. The van der Waals surface area contributed by atoms with Crippen molar-refractivity contribution in [2.45, 2.75) is 25.2 Å². The summed E-state index contributed by atoms with van der Waals surface area (Å²) >= 11 is 7.38. The number of methoxy groups -OCH3 is 1. The first-order chi connectivity index (χ1) is 18.9. The molecular weight excluding hydrogens is 537 g/mol. The van der Waals surface area contributed by atoms with Crippen LogP contribution in [0.1, 0.15) is 30.7 Å². The first-order valence-electron chi connectivity index (χ1n) is 12.2. The summed E-state index contributed by atoms with van der Waals surface area (Å²) in [4.78, 5) is 24.0. The number of carbonyl (C=O) groups excluding carboxylic acids is 1. The van der Waals surface area contributed by atoms with Gasteiger partial charge in [-0.3, -0.25) is 9.69 Å². The van der Waals surface area contributed by atoms with Crippen molar-refractivity contribution in [2.24, 2.45) is 5.73 Å². The molecule has 194 valence electrons. The fraction of sp³-hybridized carbons (Fsp3) is 0.172. The Hall–Kier alpha value is -4.26. The normalized spacial score (nSPS) is 17.4. The SMILES string of the molecule is COc1ccc2nc(F)c(C3C(C#N)=C(N)N(c4nc(-c5ccc(Cl)cc5)cs4)C4=C3C(=O)CCC4)cc2c1. The standard InChI is InChI=1S/C29H21ClFN5O2S/c1-38-18-9-10-21-16(11-18)12-19(27(31)34-21)25-20(13-32)28(33)36(23-3-2-4-24(37)26(23)25)29-35-22(14-39-29)15-5-7-17(30)8-6-15/h5-12,14,25H,2-4,33H2,1H3. The maximum atomic E-state index is 15.6. The van der Waals surface area contributed by atoms with Gasteiger partial charge in [-0.25, -0.2) is 9.97 Å². The minimum atomic E-state index is -0.979. The third-order valence-corrected chi connectivity index (χ3v) is 8.13. The number of ether oxygens (including phenoxy) is 1. The Morgan fingerprint density at radius 2 is 1.97 bits per heavy atom. The van der Waals surface area contributed by atoms with Crippen LogP contribution in [-0.2, 0) is 4.79 Å². The third kappa shape index (κ3) is 4.22. The Labute approximate surface area is 232 Å². The molecule has 7 nitrogen and oxygen atoms in total. The molecule has 2 aliphatic rings. The number of anilines is 1. The quantitative estimate of drug-likeness (QED) is 0.287. The van der Waals surface area contributed by atoms with Gasteiger partial charge in [-0.15, -0.1) is 11.3 Å². The average Bonchev–Trinajstić information content (AvgIpc) is 3.42. The van der Waals surface area contributed by atoms with E-state index >= 15 is 4.39 Å². The van der Waals surface area contributed by atoms with Gasteiger partial charge in [0, 0.05) is 44.6 Å². The van der Waals surface area contributed by atoms with Gasteiger partial charge in [-0.1, -0.05) is 23.7 Å². The highest BCUT2D eigenvalue weighted by molar-refractivity contribution is 7.14. The first kappa shape index (κ1) is 25.0. The summed E-state index contributed by atoms with van der Waals surface area (Å²) in [6.07, 6.45) is 1.44. The smallest absolute Gasteiger partial charge is 0.217 e. The molecule has 2 aromatic heterocycles. The highest BCUT2D eigenvalue weighted by Gasteiger charge is 2.42. The van der Waals surface area contributed by atoms with Crippen molar-refractivity contribution in [3.8, 4) is 23.1 Å². The Bertz CT molecular complexity index is 1760. The molecule has 10 heteroatoms. The fourth-order valence-corrected chi connectivity index (χ4v) is 6.21. The number of hydrogen-bond donors (Lipinski definition) is 1. The van der Waals surface area contributed by atoms with E-state index in [2.05, 4.69) is 11.1 Å². The molecule has 2 aromatic carbocycles. The van der Waals surface area contributed by atoms with Crippen LogP contribution < -0.4 is 15.4 Å². The number of pyridine rings is 1. The molecule has 1 unspecified atom stereocenters. The maximum Gasteiger partial charge on any atom is 0.217 e. The van der Waals surface area contributed by atoms with E-state index in [0.717, 1.165) is 5.56 Å². The van der Waals surface area contributed by atoms with Crippen molar-refractivity contribution in [3.63, 3.8) is 0 Å². The number of benzene rings is 2. The van der Waals surface area contributed by atoms with Crippen LogP contribution in [0.2, 0.25) is 5.02 Å². The largest absolute Gasteiger partial charge is 0.497 e. The molecule has 0 radical (unpaired) electrons. The van der Waals surface area contributed by atoms with Crippen LogP contribution in [0, 0.1) is 17.3 Å². The highest BCUT2D eigenvalue weighted by atomic mass is 35.5. The molecule has 39 heavy (non-hydrogen) atoms. The lowest BCUT2D eigenvalue weighted by atomic mass is 9.76. The number of carbonyl (C=O) groups is 1. The number of Topliss-reactive ketones (excluding diaryl/α,β-unsaturated/α-hetero) is 1. The zero-order valence-electron chi connectivity index (χ0n) is 20.7. The molecule has 2 N–H and O–H groups in total. The topological polar surface area (TPSA) is 105 Å². The summed E-state index contributed by atoms with van der Waals surface area (Å²) in [5, 5.41) is 13.9. The van der Waals surface area contributed by atoms with E-state index in [0.29, 0.717) is 63.0 Å². The number of ketones is 1. The summed E-state index contributed by atoms with van der Waals surface area (Å²) in [6.45, 7) is 0. The van der Waals surface area contributed by atoms with E-state index in [1.807, 2.05) is 17.5 Å². The number of halogens is 2. The minimum Gasteiger partial charge on any atom is -0.497 e. The zero-order chi connectivity index (χ0) is 27.3. The molecule has 0 fully saturated rings. The van der Waals surface area contributed by atoms with Gasteiger partial charge in [-0.05, 0) is 49.2 Å². The van der Waals surface area contributed by atoms with Crippen molar-refractivity contribution >= 4 is 44.8 Å². The van der Waals surface area contributed by atoms with E-state index in [1.165, 1.54) is 11.3 Å². The first-order valence-corrected chi connectivity index (χ1v) is 13.5. The van der Waals surface area contributed by atoms with Gasteiger partial charge in [0.2, 0.25) is 5.95 Å². The lowest BCUT2D eigenvalue weighted by molar-refractivity contribution is -0.116. The third-order valence-electron chi connectivity index (χ3n) is 7.05. The number of hydrogen-bond acceptors (Lipinski definition) is 8. The fourth-order valence-electron chi connectivity index (χ4n) is 5.21. The number of nitrogens with two attached hydrogens (primary N) is 1. The zero-order valence-corrected chi connectivity index (χ0v) is 22.3. The maximum absolute atomic E-state index is 15.6. The van der Waals surface area contributed by atoms with E-state index in [4.69, 9.17) is 27.1 Å². The number of rotatable bonds is 4. The molecule has 3 heterocycles. The lowest BCUT2D eigenvalue weighted by Gasteiger charge is -2.38. The Morgan fingerprint density at radius 1 is 1.18 bits per heavy atom. The molecule has 0 saturated heterocycles. The van der Waals surface area contributed by atoms with Crippen molar-refractivity contribution in [1.29, 1.82) is 5.26 Å². The van der Waals surface area contributed by atoms with Crippen molar-refractivity contribution in [3.05, 3.63) is 93.1 Å². The van der Waals surface area contributed by atoms with Gasteiger partial charge >= 0.3 is 0 Å². The van der Waals surface area contributed by atoms with Gasteiger partial charge in [-0.2, -0.15) is 9.65 Å². The number of aromatic nitrogens is 2. The summed E-state index contributed by atoms with van der Waals surface area (Å²) in [7, 11) is 1.54. The summed E-state index contributed by atoms with van der Waals surface area (Å²) < 4.78 is 20.9. The van der Waals surface area contributed by atoms with Crippen LogP contribution in [-0.4, -0.2) is 22.9 Å². The lowest BCUT2D eigenvalue weighted by Crippen LogP contribution is -2.39. The van der Waals surface area contributed by atoms with Crippen LogP contribution in [0.25, 0.3) is 22.2 Å². The molecule has 0 saturated carbocycles. The van der Waals surface area contributed by atoms with Gasteiger partial charge in [0.15, 0.2) is 10.9 Å². The van der Waals surface area contributed by atoms with Gasteiger partial charge in [0.05, 0.1) is 35.9 Å². The van der Waals surface area contributed by atoms with E-state index < -0.39 is 11.9 Å². The molecule has 1 aliphatic carbocycles. The van der Waals surface area contributed by atoms with Crippen LogP contribution in [0.3, 0.4) is 0 Å². The van der Waals surface area contributed by atoms with Gasteiger partial charge in [0.1, 0.15) is 11.6 Å². The predicted octanol–water partition coefficient (Wildman–Crippen LogP) is 6.46. The second-order valence-corrected chi connectivity index (χ2v) is 10.5. The highest BCUT2D eigenvalue weighted by Crippen LogP contribution is 2.48. The van der Waals surface area contributed by atoms with Gasteiger partial charge < -0.3 is 10.5 Å². The Kier molecular flexibility index (Phi) is 6.29. The second kappa shape index (κ2) is 9.80.